The zero-order valence-electron chi connectivity index (χ0n) is 12.6. The van der Waals surface area contributed by atoms with Crippen LogP contribution in [-0.2, 0) is 0 Å². The second kappa shape index (κ2) is 6.47. The van der Waals surface area contributed by atoms with E-state index < -0.39 is 0 Å². The van der Waals surface area contributed by atoms with Gasteiger partial charge in [0.2, 0.25) is 0 Å². The van der Waals surface area contributed by atoms with Crippen molar-refractivity contribution in [2.75, 3.05) is 0 Å². The number of hydrogen-bond acceptors (Lipinski definition) is 6. The minimum absolute atomic E-state index is 0.684. The fraction of sp³-hybridized carbons (Fsp3) is 0.0588. The third-order valence-electron chi connectivity index (χ3n) is 3.45. The maximum absolute atomic E-state index is 6.00. The molecule has 0 amide bonds. The molecule has 0 saturated heterocycles. The molecule has 1 aromatic carbocycles. The van der Waals surface area contributed by atoms with Crippen molar-refractivity contribution in [2.24, 2.45) is 0 Å². The lowest BCUT2D eigenvalue weighted by Crippen LogP contribution is -1.91. The molecule has 4 rings (SSSR count). The topological polar surface area (TPSA) is 51.6 Å². The Morgan fingerprint density at radius 3 is 2.67 bits per heavy atom. The molecule has 118 valence electrons. The highest BCUT2D eigenvalue weighted by Crippen LogP contribution is 2.39. The van der Waals surface area contributed by atoms with Gasteiger partial charge in [-0.25, -0.2) is 19.9 Å². The Kier molecular flexibility index (Phi) is 4.18. The maximum Gasteiger partial charge on any atom is 0.194 e. The van der Waals surface area contributed by atoms with E-state index in [1.54, 1.807) is 23.9 Å². The molecule has 3 aromatic heterocycles. The Morgan fingerprint density at radius 2 is 1.88 bits per heavy atom. The van der Waals surface area contributed by atoms with Gasteiger partial charge >= 0.3 is 0 Å². The van der Waals surface area contributed by atoms with E-state index in [1.807, 2.05) is 37.3 Å². The van der Waals surface area contributed by atoms with E-state index in [1.165, 1.54) is 11.8 Å². The molecule has 24 heavy (non-hydrogen) atoms. The predicted octanol–water partition coefficient (Wildman–Crippen LogP) is 5.26. The molecular weight excluding hydrogens is 360 g/mol. The molecule has 0 aliphatic rings. The van der Waals surface area contributed by atoms with E-state index in [0.717, 1.165) is 37.1 Å². The fourth-order valence-electron chi connectivity index (χ4n) is 2.33. The van der Waals surface area contributed by atoms with Crippen LogP contribution in [0.5, 0.6) is 0 Å². The first-order valence-electron chi connectivity index (χ1n) is 7.16. The molecule has 7 heteroatoms. The molecule has 0 saturated carbocycles. The lowest BCUT2D eigenvalue weighted by molar-refractivity contribution is 0.928. The minimum atomic E-state index is 0.684. The van der Waals surface area contributed by atoms with Gasteiger partial charge in [0.25, 0.3) is 0 Å². The summed E-state index contributed by atoms with van der Waals surface area (Å²) in [7, 11) is 0. The number of halogens is 1. The Hall–Kier alpha value is -2.02. The van der Waals surface area contributed by atoms with Gasteiger partial charge in [-0.1, -0.05) is 23.7 Å². The summed E-state index contributed by atoms with van der Waals surface area (Å²) in [5, 5.41) is 5.39. The smallest absolute Gasteiger partial charge is 0.194 e. The molecule has 0 aliphatic carbocycles. The van der Waals surface area contributed by atoms with E-state index >= 15 is 0 Å². The Labute approximate surface area is 152 Å². The quantitative estimate of drug-likeness (QED) is 0.363. The monoisotopic (exact) mass is 370 g/mol. The highest BCUT2D eigenvalue weighted by Gasteiger charge is 2.15. The van der Waals surface area contributed by atoms with E-state index in [4.69, 9.17) is 11.6 Å². The van der Waals surface area contributed by atoms with Crippen molar-refractivity contribution in [1.29, 1.82) is 0 Å². The zero-order valence-corrected chi connectivity index (χ0v) is 15.0. The van der Waals surface area contributed by atoms with Crippen LogP contribution in [0.3, 0.4) is 0 Å². The van der Waals surface area contributed by atoms with Crippen LogP contribution in [0.1, 0.15) is 5.69 Å². The average Bonchev–Trinajstić information content (AvgIpc) is 3.01. The molecule has 3 heterocycles. The molecule has 4 nitrogen and oxygen atoms in total. The van der Waals surface area contributed by atoms with Gasteiger partial charge in [0.05, 0.1) is 5.39 Å². The third-order valence-corrected chi connectivity index (χ3v) is 5.47. The molecule has 0 radical (unpaired) electrons. The van der Waals surface area contributed by atoms with Crippen LogP contribution in [0.2, 0.25) is 5.02 Å². The lowest BCUT2D eigenvalue weighted by atomic mass is 10.1. The standard InChI is InChI=1S/C17H11ClN4S2/c1-10-6-7-19-17(22-10)24-16-14-13(8-23-15(14)20-9-21-16)11-2-4-12(18)5-3-11/h2-9H,1H3. The number of benzene rings is 1. The molecule has 0 fully saturated rings. The van der Waals surface area contributed by atoms with Crippen molar-refractivity contribution >= 4 is 44.9 Å². The largest absolute Gasteiger partial charge is 0.231 e. The first-order chi connectivity index (χ1) is 11.7. The van der Waals surface area contributed by atoms with E-state index in [9.17, 15) is 0 Å². The summed E-state index contributed by atoms with van der Waals surface area (Å²) in [6.07, 6.45) is 3.35. The second-order valence-electron chi connectivity index (χ2n) is 5.10. The van der Waals surface area contributed by atoms with Crippen molar-refractivity contribution in [3.05, 3.63) is 59.0 Å². The van der Waals surface area contributed by atoms with Crippen molar-refractivity contribution in [3.63, 3.8) is 0 Å². The lowest BCUT2D eigenvalue weighted by Gasteiger charge is -2.05. The van der Waals surface area contributed by atoms with Gasteiger partial charge in [-0.3, -0.25) is 0 Å². The summed E-state index contributed by atoms with van der Waals surface area (Å²) in [5.41, 5.74) is 3.12. The van der Waals surface area contributed by atoms with Crippen molar-refractivity contribution in [2.45, 2.75) is 17.1 Å². The van der Waals surface area contributed by atoms with E-state index in [-0.39, 0.29) is 0 Å². The number of aromatic nitrogens is 4. The first-order valence-corrected chi connectivity index (χ1v) is 9.24. The average molecular weight is 371 g/mol. The Balaban J connectivity index is 1.84. The van der Waals surface area contributed by atoms with Gasteiger partial charge in [-0.15, -0.1) is 11.3 Å². The summed E-state index contributed by atoms with van der Waals surface area (Å²) in [4.78, 5) is 18.6. The summed E-state index contributed by atoms with van der Waals surface area (Å²) in [5.74, 6) is 0. The van der Waals surface area contributed by atoms with Crippen LogP contribution in [0, 0.1) is 6.92 Å². The van der Waals surface area contributed by atoms with E-state index in [0.29, 0.717) is 5.16 Å². The van der Waals surface area contributed by atoms with Crippen molar-refractivity contribution in [1.82, 2.24) is 19.9 Å². The Bertz CT molecular complexity index is 1010. The SMILES string of the molecule is Cc1ccnc(Sc2ncnc3scc(-c4ccc(Cl)cc4)c23)n1. The third kappa shape index (κ3) is 3.00. The van der Waals surface area contributed by atoms with Crippen LogP contribution in [0.25, 0.3) is 21.3 Å². The normalized spacial score (nSPS) is 11.1. The molecule has 0 spiro atoms. The predicted molar refractivity (Wildman–Crippen MR) is 98.8 cm³/mol. The van der Waals surface area contributed by atoms with Gasteiger partial charge in [0.1, 0.15) is 16.2 Å². The molecule has 0 atom stereocenters. The first kappa shape index (κ1) is 15.5. The van der Waals surface area contributed by atoms with Crippen LogP contribution >= 0.6 is 34.7 Å². The highest BCUT2D eigenvalue weighted by atomic mass is 35.5. The number of thiophene rings is 1. The van der Waals surface area contributed by atoms with Gasteiger partial charge in [-0.2, -0.15) is 0 Å². The summed E-state index contributed by atoms with van der Waals surface area (Å²) < 4.78 is 0. The number of aryl methyl sites for hydroxylation is 1. The number of rotatable bonds is 3. The summed E-state index contributed by atoms with van der Waals surface area (Å²) in [6, 6.07) is 9.67. The maximum atomic E-state index is 6.00. The summed E-state index contributed by atoms with van der Waals surface area (Å²) in [6.45, 7) is 1.95. The minimum Gasteiger partial charge on any atom is -0.231 e. The van der Waals surface area contributed by atoms with E-state index in [2.05, 4.69) is 25.3 Å². The van der Waals surface area contributed by atoms with Gasteiger partial charge in [-0.05, 0) is 42.4 Å². The summed E-state index contributed by atoms with van der Waals surface area (Å²) >= 11 is 9.06. The van der Waals surface area contributed by atoms with Crippen molar-refractivity contribution < 1.29 is 0 Å². The van der Waals surface area contributed by atoms with Gasteiger partial charge in [0, 0.05) is 27.9 Å². The molecule has 0 bridgehead atoms. The number of fused-ring (bicyclic) bond motifs is 1. The van der Waals surface area contributed by atoms with Crippen LogP contribution < -0.4 is 0 Å². The van der Waals surface area contributed by atoms with Gasteiger partial charge < -0.3 is 0 Å². The van der Waals surface area contributed by atoms with Crippen LogP contribution in [0.4, 0.5) is 0 Å². The van der Waals surface area contributed by atoms with Crippen LogP contribution in [-0.4, -0.2) is 19.9 Å². The molecule has 4 aromatic rings. The molecule has 0 unspecified atom stereocenters. The van der Waals surface area contributed by atoms with Gasteiger partial charge in [0.15, 0.2) is 5.16 Å². The fourth-order valence-corrected chi connectivity index (χ4v) is 4.32. The number of nitrogens with zero attached hydrogens (tertiary/aromatic N) is 4. The Morgan fingerprint density at radius 1 is 1.04 bits per heavy atom. The molecule has 0 aliphatic heterocycles. The van der Waals surface area contributed by atoms with Crippen LogP contribution in [0.15, 0.2) is 58.4 Å². The highest BCUT2D eigenvalue weighted by molar-refractivity contribution is 7.99. The second-order valence-corrected chi connectivity index (χ2v) is 7.35. The molecule has 0 N–H and O–H groups in total. The number of hydrogen-bond donors (Lipinski definition) is 0. The molecular formula is C17H11ClN4S2. The van der Waals surface area contributed by atoms with Crippen molar-refractivity contribution in [3.8, 4) is 11.1 Å². The zero-order chi connectivity index (χ0) is 16.5.